The Morgan fingerprint density at radius 2 is 1.66 bits per heavy atom. The van der Waals surface area contributed by atoms with Crippen molar-refractivity contribution < 1.29 is 19.1 Å². The predicted octanol–water partition coefficient (Wildman–Crippen LogP) is 6.12. The second kappa shape index (κ2) is 12.8. The van der Waals surface area contributed by atoms with Crippen LogP contribution in [0.4, 0.5) is 10.7 Å². The molecule has 3 heterocycles. The molecule has 0 saturated heterocycles. The zero-order valence-corrected chi connectivity index (χ0v) is 25.7. The standard InChI is InChI=1S/C34H33N5O4S/c1-21-20-44-34(38-32(40)28-18-35-26-6-4-5-7-27(26)37-28)31(21)33(41)36-25-10-8-22(9-11-25)12-14-39-15-13-23-16-29(42-2)30(43-3)17-24(23)19-39/h4-11,16-18,20H,12-15,19H2,1-3H3,(H,36,41)(H,38,40). The van der Waals surface area contributed by atoms with Gasteiger partial charge in [-0.3, -0.25) is 19.5 Å². The van der Waals surface area contributed by atoms with Gasteiger partial charge in [-0.1, -0.05) is 24.3 Å². The molecule has 2 amide bonds. The number of hydrogen-bond acceptors (Lipinski definition) is 8. The molecule has 0 radical (unpaired) electrons. The predicted molar refractivity (Wildman–Crippen MR) is 173 cm³/mol. The summed E-state index contributed by atoms with van der Waals surface area (Å²) in [5.74, 6) is 0.838. The summed E-state index contributed by atoms with van der Waals surface area (Å²) < 4.78 is 11.0. The minimum Gasteiger partial charge on any atom is -0.493 e. The largest absolute Gasteiger partial charge is 0.493 e. The first-order valence-corrected chi connectivity index (χ1v) is 15.3. The first-order valence-electron chi connectivity index (χ1n) is 14.4. The van der Waals surface area contributed by atoms with E-state index in [0.717, 1.165) is 49.5 Å². The fraction of sp³-hybridized carbons (Fsp3) is 0.235. The van der Waals surface area contributed by atoms with Gasteiger partial charge in [-0.05, 0) is 83.8 Å². The Morgan fingerprint density at radius 1 is 0.932 bits per heavy atom. The highest BCUT2D eigenvalue weighted by Crippen LogP contribution is 2.33. The Labute approximate surface area is 259 Å². The number of nitrogens with one attached hydrogen (secondary N) is 2. The molecular formula is C34H33N5O4S. The van der Waals surface area contributed by atoms with E-state index in [2.05, 4.69) is 37.6 Å². The zero-order valence-electron chi connectivity index (χ0n) is 24.8. The highest BCUT2D eigenvalue weighted by Gasteiger charge is 2.21. The first-order chi connectivity index (χ1) is 21.4. The van der Waals surface area contributed by atoms with Crippen molar-refractivity contribution in [1.29, 1.82) is 0 Å². The maximum atomic E-state index is 13.3. The lowest BCUT2D eigenvalue weighted by molar-refractivity contribution is 0.102. The molecule has 9 nitrogen and oxygen atoms in total. The van der Waals surface area contributed by atoms with Crippen LogP contribution in [0, 0.1) is 6.92 Å². The van der Waals surface area contributed by atoms with Crippen LogP contribution in [0.5, 0.6) is 11.5 Å². The molecule has 5 aromatic rings. The van der Waals surface area contributed by atoms with Gasteiger partial charge in [0.05, 0.1) is 37.0 Å². The van der Waals surface area contributed by atoms with Crippen molar-refractivity contribution in [3.05, 3.63) is 106 Å². The average molecular weight is 608 g/mol. The van der Waals surface area contributed by atoms with Crippen LogP contribution in [0.25, 0.3) is 11.0 Å². The van der Waals surface area contributed by atoms with Crippen molar-refractivity contribution in [2.24, 2.45) is 0 Å². The quantitative estimate of drug-likeness (QED) is 0.208. The van der Waals surface area contributed by atoms with Gasteiger partial charge in [0.25, 0.3) is 11.8 Å². The third-order valence-electron chi connectivity index (χ3n) is 7.84. The van der Waals surface area contributed by atoms with Crippen LogP contribution in [0.15, 0.2) is 72.2 Å². The summed E-state index contributed by atoms with van der Waals surface area (Å²) >= 11 is 1.30. The van der Waals surface area contributed by atoms with Crippen molar-refractivity contribution in [2.75, 3.05) is 37.9 Å². The number of thiophene rings is 1. The van der Waals surface area contributed by atoms with Gasteiger partial charge in [0, 0.05) is 25.3 Å². The maximum Gasteiger partial charge on any atom is 0.276 e. The lowest BCUT2D eigenvalue weighted by atomic mass is 9.98. The Hall–Kier alpha value is -4.80. The molecule has 224 valence electrons. The van der Waals surface area contributed by atoms with Crippen LogP contribution in [0.1, 0.15) is 43.1 Å². The zero-order chi connectivity index (χ0) is 30.6. The third-order valence-corrected chi connectivity index (χ3v) is 8.85. The van der Waals surface area contributed by atoms with Crippen LogP contribution in [-0.4, -0.2) is 54.0 Å². The van der Waals surface area contributed by atoms with E-state index in [-0.39, 0.29) is 11.6 Å². The summed E-state index contributed by atoms with van der Waals surface area (Å²) in [5, 5.41) is 8.16. The summed E-state index contributed by atoms with van der Waals surface area (Å²) in [6, 6.07) is 19.5. The number of methoxy groups -OCH3 is 2. The number of fused-ring (bicyclic) bond motifs is 2. The SMILES string of the molecule is COc1cc2c(cc1OC)CN(CCc1ccc(NC(=O)c3c(C)csc3NC(=O)c3cnc4ccccc4n3)cc1)CC2. The lowest BCUT2D eigenvalue weighted by Gasteiger charge is -2.29. The van der Waals surface area contributed by atoms with E-state index in [4.69, 9.17) is 9.47 Å². The number of amides is 2. The maximum absolute atomic E-state index is 13.3. The van der Waals surface area contributed by atoms with Crippen LogP contribution in [-0.2, 0) is 19.4 Å². The number of aryl methyl sites for hydroxylation is 1. The van der Waals surface area contributed by atoms with Crippen LogP contribution >= 0.6 is 11.3 Å². The molecule has 0 bridgehead atoms. The number of carbonyl (C=O) groups excluding carboxylic acids is 2. The molecule has 0 spiro atoms. The van der Waals surface area contributed by atoms with E-state index < -0.39 is 5.91 Å². The molecule has 0 fully saturated rings. The summed E-state index contributed by atoms with van der Waals surface area (Å²) in [6.07, 6.45) is 3.31. The Kier molecular flexibility index (Phi) is 8.53. The highest BCUT2D eigenvalue weighted by molar-refractivity contribution is 7.15. The van der Waals surface area contributed by atoms with E-state index in [1.807, 2.05) is 54.8 Å². The number of anilines is 2. The smallest absolute Gasteiger partial charge is 0.276 e. The van der Waals surface area contributed by atoms with Gasteiger partial charge < -0.3 is 20.1 Å². The number of aromatic nitrogens is 2. The van der Waals surface area contributed by atoms with Crippen molar-refractivity contribution in [3.8, 4) is 11.5 Å². The second-order valence-corrected chi connectivity index (χ2v) is 11.6. The van der Waals surface area contributed by atoms with Gasteiger partial charge in [-0.15, -0.1) is 11.3 Å². The van der Waals surface area contributed by atoms with Gasteiger partial charge in [0.2, 0.25) is 0 Å². The van der Waals surface area contributed by atoms with Crippen LogP contribution in [0.2, 0.25) is 0 Å². The minimum absolute atomic E-state index is 0.186. The normalized spacial score (nSPS) is 12.9. The molecule has 0 aliphatic carbocycles. The first kappa shape index (κ1) is 29.3. The fourth-order valence-corrected chi connectivity index (χ4v) is 6.36. The van der Waals surface area contributed by atoms with E-state index in [1.165, 1.54) is 34.2 Å². The van der Waals surface area contributed by atoms with Crippen molar-refractivity contribution >= 4 is 44.9 Å². The van der Waals surface area contributed by atoms with Crippen LogP contribution < -0.4 is 20.1 Å². The second-order valence-electron chi connectivity index (χ2n) is 10.7. The number of carbonyl (C=O) groups is 2. The number of hydrogen-bond donors (Lipinski definition) is 2. The average Bonchev–Trinajstić information content (AvgIpc) is 3.42. The fourth-order valence-electron chi connectivity index (χ4n) is 5.42. The van der Waals surface area contributed by atoms with Gasteiger partial charge in [-0.25, -0.2) is 4.98 Å². The van der Waals surface area contributed by atoms with Crippen molar-refractivity contribution in [1.82, 2.24) is 14.9 Å². The molecule has 2 N–H and O–H groups in total. The molecule has 44 heavy (non-hydrogen) atoms. The van der Waals surface area contributed by atoms with Gasteiger partial charge in [-0.2, -0.15) is 0 Å². The van der Waals surface area contributed by atoms with E-state index in [1.54, 1.807) is 20.3 Å². The van der Waals surface area contributed by atoms with Gasteiger partial charge in [0.1, 0.15) is 10.7 Å². The summed E-state index contributed by atoms with van der Waals surface area (Å²) in [6.45, 7) is 4.64. The topological polar surface area (TPSA) is 106 Å². The van der Waals surface area contributed by atoms with Crippen molar-refractivity contribution in [3.63, 3.8) is 0 Å². The highest BCUT2D eigenvalue weighted by atomic mass is 32.1. The molecule has 2 aromatic heterocycles. The minimum atomic E-state index is -0.417. The van der Waals surface area contributed by atoms with Gasteiger partial charge in [0.15, 0.2) is 11.5 Å². The Balaban J connectivity index is 1.06. The number of nitrogens with zero attached hydrogens (tertiary/aromatic N) is 3. The van der Waals surface area contributed by atoms with Gasteiger partial charge >= 0.3 is 0 Å². The molecule has 10 heteroatoms. The van der Waals surface area contributed by atoms with Crippen LogP contribution in [0.3, 0.4) is 0 Å². The molecule has 0 saturated carbocycles. The molecule has 1 aliphatic heterocycles. The van der Waals surface area contributed by atoms with E-state index in [9.17, 15) is 9.59 Å². The molecular weight excluding hydrogens is 574 g/mol. The van der Waals surface area contributed by atoms with E-state index in [0.29, 0.717) is 27.3 Å². The number of rotatable bonds is 9. The number of benzene rings is 3. The molecule has 6 rings (SSSR count). The molecule has 1 aliphatic rings. The summed E-state index contributed by atoms with van der Waals surface area (Å²) in [7, 11) is 3.33. The number of para-hydroxylation sites is 2. The summed E-state index contributed by atoms with van der Waals surface area (Å²) in [5.41, 5.74) is 7.21. The molecule has 0 unspecified atom stereocenters. The van der Waals surface area contributed by atoms with Crippen molar-refractivity contribution in [2.45, 2.75) is 26.3 Å². The molecule has 0 atom stereocenters. The lowest BCUT2D eigenvalue weighted by Crippen LogP contribution is -2.32. The Morgan fingerprint density at radius 3 is 2.41 bits per heavy atom. The third kappa shape index (κ3) is 6.27. The molecule has 3 aromatic carbocycles. The Bertz CT molecular complexity index is 1840. The summed E-state index contributed by atoms with van der Waals surface area (Å²) in [4.78, 5) is 37.5. The number of ether oxygens (including phenoxy) is 2. The monoisotopic (exact) mass is 607 g/mol. The van der Waals surface area contributed by atoms with E-state index >= 15 is 0 Å².